The van der Waals surface area contributed by atoms with Gasteiger partial charge in [0, 0.05) is 5.75 Å². The van der Waals surface area contributed by atoms with Crippen molar-refractivity contribution in [3.63, 3.8) is 0 Å². The number of sulfone groups is 1. The van der Waals surface area contributed by atoms with Crippen LogP contribution in [0.3, 0.4) is 0 Å². The highest BCUT2D eigenvalue weighted by Crippen LogP contribution is 2.24. The molecule has 1 aromatic rings. The smallest absolute Gasteiger partial charge is 0.150 e. The van der Waals surface area contributed by atoms with Crippen LogP contribution in [-0.2, 0) is 15.4 Å². The fourth-order valence-electron chi connectivity index (χ4n) is 1.60. The second-order valence-electron chi connectivity index (χ2n) is 4.48. The van der Waals surface area contributed by atoms with Crippen molar-refractivity contribution in [2.75, 3.05) is 11.5 Å². The van der Waals surface area contributed by atoms with E-state index in [0.717, 1.165) is 6.20 Å². The van der Waals surface area contributed by atoms with Crippen molar-refractivity contribution in [1.29, 1.82) is 0 Å². The average Bonchev–Trinajstić information content (AvgIpc) is 2.29. The van der Waals surface area contributed by atoms with Gasteiger partial charge in [-0.05, 0) is 31.9 Å². The third-order valence-electron chi connectivity index (χ3n) is 2.84. The fraction of sp³-hybridized carbons (Fsp3) is 0.583. The zero-order valence-electron chi connectivity index (χ0n) is 10.6. The summed E-state index contributed by atoms with van der Waals surface area (Å²) >= 11 is 0. The van der Waals surface area contributed by atoms with E-state index in [1.54, 1.807) is 13.8 Å². The first-order valence-corrected chi connectivity index (χ1v) is 7.64. The highest BCUT2D eigenvalue weighted by atomic mass is 32.2. The SMILES string of the molecule is CCS(=O)(=O)CCCC(C)(O)c1ccc(F)cn1. The van der Waals surface area contributed by atoms with Crippen molar-refractivity contribution in [2.45, 2.75) is 32.3 Å². The number of halogens is 1. The van der Waals surface area contributed by atoms with E-state index in [-0.39, 0.29) is 17.9 Å². The maximum atomic E-state index is 12.7. The molecule has 1 unspecified atom stereocenters. The number of hydrogen-bond acceptors (Lipinski definition) is 4. The molecule has 1 aromatic heterocycles. The van der Waals surface area contributed by atoms with Crippen molar-refractivity contribution in [3.05, 3.63) is 29.8 Å². The lowest BCUT2D eigenvalue weighted by Crippen LogP contribution is -2.24. The Labute approximate surface area is 107 Å². The maximum absolute atomic E-state index is 12.7. The van der Waals surface area contributed by atoms with Gasteiger partial charge >= 0.3 is 0 Å². The monoisotopic (exact) mass is 275 g/mol. The summed E-state index contributed by atoms with van der Waals surface area (Å²) in [6.45, 7) is 3.14. The molecule has 102 valence electrons. The Morgan fingerprint density at radius 3 is 2.61 bits per heavy atom. The molecular weight excluding hydrogens is 257 g/mol. The van der Waals surface area contributed by atoms with Gasteiger partial charge in [-0.2, -0.15) is 0 Å². The summed E-state index contributed by atoms with van der Waals surface area (Å²) in [5.41, 5.74) is -0.894. The molecule has 1 heterocycles. The molecule has 1 rings (SSSR count). The molecular formula is C12H18FNO3S. The first-order chi connectivity index (χ1) is 8.27. The van der Waals surface area contributed by atoms with Crippen molar-refractivity contribution >= 4 is 9.84 Å². The Hall–Kier alpha value is -1.01. The van der Waals surface area contributed by atoms with E-state index < -0.39 is 21.3 Å². The molecule has 0 aliphatic heterocycles. The van der Waals surface area contributed by atoms with Crippen LogP contribution in [0.1, 0.15) is 32.4 Å². The van der Waals surface area contributed by atoms with E-state index in [0.29, 0.717) is 12.1 Å². The highest BCUT2D eigenvalue weighted by Gasteiger charge is 2.25. The summed E-state index contributed by atoms with van der Waals surface area (Å²) in [5.74, 6) is -0.326. The van der Waals surface area contributed by atoms with Gasteiger partial charge in [-0.15, -0.1) is 0 Å². The lowest BCUT2D eigenvalue weighted by atomic mass is 9.96. The van der Waals surface area contributed by atoms with Gasteiger partial charge in [-0.1, -0.05) is 6.92 Å². The molecule has 0 aliphatic carbocycles. The fourth-order valence-corrected chi connectivity index (χ4v) is 2.48. The first-order valence-electron chi connectivity index (χ1n) is 5.82. The summed E-state index contributed by atoms with van der Waals surface area (Å²) in [4.78, 5) is 3.81. The van der Waals surface area contributed by atoms with Gasteiger partial charge in [0.15, 0.2) is 0 Å². The summed E-state index contributed by atoms with van der Waals surface area (Å²) in [7, 11) is -3.02. The van der Waals surface area contributed by atoms with Gasteiger partial charge in [-0.25, -0.2) is 12.8 Å². The molecule has 4 nitrogen and oxygen atoms in total. The minimum absolute atomic E-state index is 0.0425. The summed E-state index contributed by atoms with van der Waals surface area (Å²) in [6.07, 6.45) is 1.65. The third kappa shape index (κ3) is 4.34. The van der Waals surface area contributed by atoms with Crippen molar-refractivity contribution in [3.8, 4) is 0 Å². The zero-order valence-corrected chi connectivity index (χ0v) is 11.4. The molecule has 6 heteroatoms. The molecule has 0 saturated heterocycles. The standard InChI is InChI=1S/C12H18FNO3S/c1-3-18(16,17)8-4-7-12(2,15)11-6-5-10(13)9-14-11/h5-6,9,15H,3-4,7-8H2,1-2H3. The van der Waals surface area contributed by atoms with Crippen molar-refractivity contribution < 1.29 is 17.9 Å². The molecule has 0 amide bonds. The molecule has 18 heavy (non-hydrogen) atoms. The number of rotatable bonds is 6. The molecule has 1 N–H and O–H groups in total. The lowest BCUT2D eigenvalue weighted by Gasteiger charge is -2.22. The molecule has 1 atom stereocenters. The van der Waals surface area contributed by atoms with E-state index in [1.807, 2.05) is 0 Å². The topological polar surface area (TPSA) is 67.3 Å². The predicted molar refractivity (Wildman–Crippen MR) is 67.3 cm³/mol. The molecule has 0 bridgehead atoms. The van der Waals surface area contributed by atoms with Crippen LogP contribution < -0.4 is 0 Å². The highest BCUT2D eigenvalue weighted by molar-refractivity contribution is 7.91. The predicted octanol–water partition coefficient (Wildman–Crippen LogP) is 1.64. The van der Waals surface area contributed by atoms with Gasteiger partial charge in [0.05, 0.1) is 17.6 Å². The van der Waals surface area contributed by atoms with Gasteiger partial charge in [-0.3, -0.25) is 4.98 Å². The minimum atomic E-state index is -3.02. The normalized spacial score (nSPS) is 15.3. The summed E-state index contributed by atoms with van der Waals surface area (Å²) in [6, 6.07) is 2.63. The van der Waals surface area contributed by atoms with Crippen molar-refractivity contribution in [1.82, 2.24) is 4.98 Å². The largest absolute Gasteiger partial charge is 0.384 e. The number of hydrogen-bond donors (Lipinski definition) is 1. The number of pyridine rings is 1. The van der Waals surface area contributed by atoms with E-state index >= 15 is 0 Å². The third-order valence-corrected chi connectivity index (χ3v) is 4.63. The van der Waals surface area contributed by atoms with E-state index in [9.17, 15) is 17.9 Å². The molecule has 0 fully saturated rings. The molecule has 0 saturated carbocycles. The molecule has 0 aliphatic rings. The minimum Gasteiger partial charge on any atom is -0.384 e. The van der Waals surface area contributed by atoms with Crippen LogP contribution in [0.15, 0.2) is 18.3 Å². The second-order valence-corrected chi connectivity index (χ2v) is 6.95. The maximum Gasteiger partial charge on any atom is 0.150 e. The van der Waals surface area contributed by atoms with Crippen LogP contribution >= 0.6 is 0 Å². The van der Waals surface area contributed by atoms with Gasteiger partial charge in [0.25, 0.3) is 0 Å². The molecule has 0 spiro atoms. The Morgan fingerprint density at radius 2 is 2.11 bits per heavy atom. The number of aromatic nitrogens is 1. The van der Waals surface area contributed by atoms with E-state index in [1.165, 1.54) is 12.1 Å². The first kappa shape index (κ1) is 15.0. The Balaban J connectivity index is 2.62. The number of nitrogens with zero attached hydrogens (tertiary/aromatic N) is 1. The Kier molecular flexibility index (Phi) is 4.81. The van der Waals surface area contributed by atoms with Crippen LogP contribution in [0.5, 0.6) is 0 Å². The van der Waals surface area contributed by atoms with Crippen LogP contribution in [0.2, 0.25) is 0 Å². The van der Waals surface area contributed by atoms with E-state index in [4.69, 9.17) is 0 Å². The summed E-state index contributed by atoms with van der Waals surface area (Å²) in [5, 5.41) is 10.2. The Bertz CT molecular complexity index is 483. The molecule has 0 radical (unpaired) electrons. The van der Waals surface area contributed by atoms with Gasteiger partial charge in [0.2, 0.25) is 0 Å². The van der Waals surface area contributed by atoms with Crippen LogP contribution in [-0.4, -0.2) is 30.0 Å². The number of aliphatic hydroxyl groups is 1. The van der Waals surface area contributed by atoms with Crippen LogP contribution in [0.25, 0.3) is 0 Å². The summed E-state index contributed by atoms with van der Waals surface area (Å²) < 4.78 is 35.3. The Morgan fingerprint density at radius 1 is 1.44 bits per heavy atom. The van der Waals surface area contributed by atoms with Crippen LogP contribution in [0.4, 0.5) is 4.39 Å². The lowest BCUT2D eigenvalue weighted by molar-refractivity contribution is 0.0426. The second kappa shape index (κ2) is 5.75. The van der Waals surface area contributed by atoms with E-state index in [2.05, 4.69) is 4.98 Å². The quantitative estimate of drug-likeness (QED) is 0.857. The van der Waals surface area contributed by atoms with Gasteiger partial charge in [0.1, 0.15) is 21.3 Å². The van der Waals surface area contributed by atoms with Gasteiger partial charge < -0.3 is 5.11 Å². The van der Waals surface area contributed by atoms with Crippen molar-refractivity contribution in [2.24, 2.45) is 0 Å². The van der Waals surface area contributed by atoms with Crippen LogP contribution in [0, 0.1) is 5.82 Å². The zero-order chi connectivity index (χ0) is 13.8. The molecule has 0 aromatic carbocycles. The average molecular weight is 275 g/mol.